The lowest BCUT2D eigenvalue weighted by atomic mass is 9.78. The summed E-state index contributed by atoms with van der Waals surface area (Å²) >= 11 is 6.10. The van der Waals surface area contributed by atoms with Crippen LogP contribution in [0.25, 0.3) is 11.0 Å². The Bertz CT molecular complexity index is 601. The minimum atomic E-state index is 0.170. The number of benzene rings is 1. The Labute approximate surface area is 118 Å². The number of ether oxygens (including phenoxy) is 1. The first-order valence-corrected chi connectivity index (χ1v) is 7.42. The topological polar surface area (TPSA) is 27.1 Å². The van der Waals surface area contributed by atoms with E-state index in [1.54, 1.807) is 0 Å². The Morgan fingerprint density at radius 3 is 2.79 bits per heavy atom. The van der Waals surface area contributed by atoms with Crippen molar-refractivity contribution in [1.82, 2.24) is 9.55 Å². The molecule has 102 valence electrons. The molecule has 0 saturated heterocycles. The van der Waals surface area contributed by atoms with Gasteiger partial charge in [0.05, 0.1) is 18.0 Å². The molecule has 0 atom stereocenters. The minimum Gasteiger partial charge on any atom is -0.492 e. The van der Waals surface area contributed by atoms with E-state index in [1.807, 2.05) is 19.1 Å². The molecule has 3 rings (SSSR count). The van der Waals surface area contributed by atoms with E-state index >= 15 is 0 Å². The van der Waals surface area contributed by atoms with Crippen LogP contribution < -0.4 is 4.74 Å². The zero-order chi connectivity index (χ0) is 13.5. The first-order chi connectivity index (χ1) is 9.19. The predicted octanol–water partition coefficient (Wildman–Crippen LogP) is 4.07. The maximum atomic E-state index is 6.10. The molecule has 0 amide bonds. The number of halogens is 1. The number of rotatable bonds is 4. The molecule has 2 aromatic rings. The molecule has 1 aliphatic carbocycles. The van der Waals surface area contributed by atoms with Gasteiger partial charge in [-0.3, -0.25) is 0 Å². The maximum Gasteiger partial charge on any atom is 0.147 e. The molecule has 1 aromatic heterocycles. The average molecular weight is 279 g/mol. The number of imidazole rings is 1. The van der Waals surface area contributed by atoms with E-state index < -0.39 is 0 Å². The predicted molar refractivity (Wildman–Crippen MR) is 78.0 cm³/mol. The fourth-order valence-electron chi connectivity index (χ4n) is 3.00. The summed E-state index contributed by atoms with van der Waals surface area (Å²) in [6.45, 7) is 4.94. The molecule has 1 heterocycles. The highest BCUT2D eigenvalue weighted by atomic mass is 35.5. The van der Waals surface area contributed by atoms with Gasteiger partial charge < -0.3 is 9.30 Å². The standard InChI is InChI=1S/C15H19ClN2O/c1-3-19-12-7-4-6-11-14(12)17-13(10-16)18(11)15(2)8-5-9-15/h4,6-7H,3,5,8-10H2,1-2H3. The highest BCUT2D eigenvalue weighted by Crippen LogP contribution is 2.42. The van der Waals surface area contributed by atoms with Gasteiger partial charge in [-0.15, -0.1) is 11.6 Å². The third-order valence-electron chi connectivity index (χ3n) is 4.11. The van der Waals surface area contributed by atoms with Crippen molar-refractivity contribution in [2.24, 2.45) is 0 Å². The molecule has 1 saturated carbocycles. The van der Waals surface area contributed by atoms with Crippen LogP contribution in [0.1, 0.15) is 38.9 Å². The van der Waals surface area contributed by atoms with E-state index in [9.17, 15) is 0 Å². The van der Waals surface area contributed by atoms with Gasteiger partial charge in [0.25, 0.3) is 0 Å². The number of nitrogens with zero attached hydrogens (tertiary/aromatic N) is 2. The quantitative estimate of drug-likeness (QED) is 0.788. The van der Waals surface area contributed by atoms with E-state index in [1.165, 1.54) is 19.3 Å². The van der Waals surface area contributed by atoms with E-state index in [0.29, 0.717) is 12.5 Å². The van der Waals surface area contributed by atoms with E-state index in [4.69, 9.17) is 21.3 Å². The van der Waals surface area contributed by atoms with Crippen molar-refractivity contribution in [3.63, 3.8) is 0 Å². The fourth-order valence-corrected chi connectivity index (χ4v) is 3.18. The highest BCUT2D eigenvalue weighted by Gasteiger charge is 2.36. The number of hydrogen-bond donors (Lipinski definition) is 0. The molecule has 0 bridgehead atoms. The van der Waals surface area contributed by atoms with Crippen LogP contribution in [-0.4, -0.2) is 16.2 Å². The normalized spacial score (nSPS) is 17.4. The minimum absolute atomic E-state index is 0.170. The van der Waals surface area contributed by atoms with E-state index in [-0.39, 0.29) is 5.54 Å². The van der Waals surface area contributed by atoms with Gasteiger partial charge in [-0.1, -0.05) is 6.07 Å². The molecule has 0 unspecified atom stereocenters. The average Bonchev–Trinajstić information content (AvgIpc) is 2.76. The molecule has 19 heavy (non-hydrogen) atoms. The van der Waals surface area contributed by atoms with Crippen molar-refractivity contribution in [3.05, 3.63) is 24.0 Å². The van der Waals surface area contributed by atoms with E-state index in [0.717, 1.165) is 22.6 Å². The molecule has 0 N–H and O–H groups in total. The zero-order valence-electron chi connectivity index (χ0n) is 11.4. The first kappa shape index (κ1) is 12.8. The second kappa shape index (κ2) is 4.71. The molecule has 0 spiro atoms. The fraction of sp³-hybridized carbons (Fsp3) is 0.533. The number of hydrogen-bond acceptors (Lipinski definition) is 2. The first-order valence-electron chi connectivity index (χ1n) is 6.89. The second-order valence-corrected chi connectivity index (χ2v) is 5.67. The summed E-state index contributed by atoms with van der Waals surface area (Å²) in [5.41, 5.74) is 2.25. The summed E-state index contributed by atoms with van der Waals surface area (Å²) in [5.74, 6) is 2.24. The molecule has 3 nitrogen and oxygen atoms in total. The van der Waals surface area contributed by atoms with Crippen LogP contribution in [0.15, 0.2) is 18.2 Å². The van der Waals surface area contributed by atoms with Crippen molar-refractivity contribution < 1.29 is 4.74 Å². The highest BCUT2D eigenvalue weighted by molar-refractivity contribution is 6.16. The van der Waals surface area contributed by atoms with Crippen LogP contribution in [-0.2, 0) is 11.4 Å². The molecule has 1 fully saturated rings. The maximum absolute atomic E-state index is 6.10. The molecule has 4 heteroatoms. The Balaban J connectivity index is 2.22. The molecular weight excluding hydrogens is 260 g/mol. The smallest absolute Gasteiger partial charge is 0.147 e. The SMILES string of the molecule is CCOc1cccc2c1nc(CCl)n2C1(C)CCC1. The van der Waals surface area contributed by atoms with Gasteiger partial charge >= 0.3 is 0 Å². The number of aromatic nitrogens is 2. The Morgan fingerprint density at radius 2 is 2.21 bits per heavy atom. The summed E-state index contributed by atoms with van der Waals surface area (Å²) in [4.78, 5) is 4.70. The summed E-state index contributed by atoms with van der Waals surface area (Å²) in [7, 11) is 0. The molecule has 0 radical (unpaired) electrons. The number of fused-ring (bicyclic) bond motifs is 1. The molecule has 0 aliphatic heterocycles. The molecule has 1 aliphatic rings. The lowest BCUT2D eigenvalue weighted by Gasteiger charge is -2.41. The Hall–Kier alpha value is -1.22. The van der Waals surface area contributed by atoms with Crippen molar-refractivity contribution in [2.75, 3.05) is 6.61 Å². The lowest BCUT2D eigenvalue weighted by molar-refractivity contribution is 0.171. The largest absolute Gasteiger partial charge is 0.492 e. The molecule has 1 aromatic carbocycles. The lowest BCUT2D eigenvalue weighted by Crippen LogP contribution is -2.38. The van der Waals surface area contributed by atoms with Crippen LogP contribution in [0.3, 0.4) is 0 Å². The third kappa shape index (κ3) is 1.91. The summed E-state index contributed by atoms with van der Waals surface area (Å²) in [6.07, 6.45) is 3.67. The summed E-state index contributed by atoms with van der Waals surface area (Å²) in [5, 5.41) is 0. The summed E-state index contributed by atoms with van der Waals surface area (Å²) in [6, 6.07) is 6.13. The monoisotopic (exact) mass is 278 g/mol. The van der Waals surface area contributed by atoms with Crippen molar-refractivity contribution in [2.45, 2.75) is 44.5 Å². The third-order valence-corrected chi connectivity index (χ3v) is 4.35. The summed E-state index contributed by atoms with van der Waals surface area (Å²) < 4.78 is 8.00. The Morgan fingerprint density at radius 1 is 1.42 bits per heavy atom. The van der Waals surface area contributed by atoms with Crippen molar-refractivity contribution in [1.29, 1.82) is 0 Å². The van der Waals surface area contributed by atoms with Gasteiger partial charge in [0, 0.05) is 5.54 Å². The van der Waals surface area contributed by atoms with Gasteiger partial charge in [-0.2, -0.15) is 0 Å². The number of para-hydroxylation sites is 1. The second-order valence-electron chi connectivity index (χ2n) is 5.40. The number of alkyl halides is 1. The van der Waals surface area contributed by atoms with Gasteiger partial charge in [0.15, 0.2) is 0 Å². The van der Waals surface area contributed by atoms with Crippen LogP contribution in [0.2, 0.25) is 0 Å². The van der Waals surface area contributed by atoms with Crippen LogP contribution in [0.4, 0.5) is 0 Å². The van der Waals surface area contributed by atoms with Crippen LogP contribution in [0.5, 0.6) is 5.75 Å². The van der Waals surface area contributed by atoms with Gasteiger partial charge in [0.1, 0.15) is 17.1 Å². The molecular formula is C15H19ClN2O. The Kier molecular flexibility index (Phi) is 3.17. The van der Waals surface area contributed by atoms with Gasteiger partial charge in [0.2, 0.25) is 0 Å². The van der Waals surface area contributed by atoms with E-state index in [2.05, 4.69) is 17.6 Å². The van der Waals surface area contributed by atoms with Crippen molar-refractivity contribution in [3.8, 4) is 5.75 Å². The van der Waals surface area contributed by atoms with Crippen LogP contribution >= 0.6 is 11.6 Å². The van der Waals surface area contributed by atoms with Crippen molar-refractivity contribution >= 4 is 22.6 Å². The van der Waals surface area contributed by atoms with Gasteiger partial charge in [-0.05, 0) is 45.2 Å². The zero-order valence-corrected chi connectivity index (χ0v) is 12.2. The van der Waals surface area contributed by atoms with Crippen LogP contribution in [0, 0.1) is 0 Å². The van der Waals surface area contributed by atoms with Gasteiger partial charge in [-0.25, -0.2) is 4.98 Å².